The SMILES string of the molecule is O=C(N[C@H]1CCCC(F)(F)[C@H]1NC(=O)OCc1ccccc1)OCc1ccccc1. The van der Waals surface area contributed by atoms with Gasteiger partial charge >= 0.3 is 12.2 Å². The van der Waals surface area contributed by atoms with Gasteiger partial charge in [0.1, 0.15) is 19.3 Å². The van der Waals surface area contributed by atoms with Gasteiger partial charge in [-0.15, -0.1) is 0 Å². The van der Waals surface area contributed by atoms with Crippen LogP contribution in [-0.4, -0.2) is 30.2 Å². The molecule has 2 atom stereocenters. The molecule has 2 amide bonds. The first-order chi connectivity index (χ1) is 14.4. The summed E-state index contributed by atoms with van der Waals surface area (Å²) in [5.74, 6) is -3.18. The Kier molecular flexibility index (Phi) is 7.21. The van der Waals surface area contributed by atoms with Crippen LogP contribution >= 0.6 is 0 Å². The number of hydrogen-bond donors (Lipinski definition) is 2. The average Bonchev–Trinajstić information content (AvgIpc) is 2.74. The number of hydrogen-bond acceptors (Lipinski definition) is 4. The fourth-order valence-electron chi connectivity index (χ4n) is 3.34. The van der Waals surface area contributed by atoms with E-state index >= 15 is 0 Å². The summed E-state index contributed by atoms with van der Waals surface area (Å²) < 4.78 is 39.1. The number of benzene rings is 2. The highest BCUT2D eigenvalue weighted by molar-refractivity contribution is 5.69. The number of amides is 2. The van der Waals surface area contributed by atoms with Crippen LogP contribution in [0.25, 0.3) is 0 Å². The lowest BCUT2D eigenvalue weighted by Gasteiger charge is -2.38. The van der Waals surface area contributed by atoms with E-state index in [9.17, 15) is 18.4 Å². The summed E-state index contributed by atoms with van der Waals surface area (Å²) in [6.45, 7) is -0.0187. The first kappa shape index (κ1) is 21.5. The van der Waals surface area contributed by atoms with Crippen molar-refractivity contribution in [3.05, 3.63) is 71.8 Å². The van der Waals surface area contributed by atoms with E-state index in [0.717, 1.165) is 11.1 Å². The van der Waals surface area contributed by atoms with Crippen LogP contribution in [0.15, 0.2) is 60.7 Å². The van der Waals surface area contributed by atoms with Crippen molar-refractivity contribution in [2.45, 2.75) is 50.5 Å². The number of halogens is 2. The van der Waals surface area contributed by atoms with Crippen LogP contribution in [0, 0.1) is 0 Å². The summed E-state index contributed by atoms with van der Waals surface area (Å²) in [4.78, 5) is 24.2. The van der Waals surface area contributed by atoms with Gasteiger partial charge in [-0.2, -0.15) is 0 Å². The number of alkyl carbamates (subject to hydrolysis) is 2. The van der Waals surface area contributed by atoms with E-state index in [0.29, 0.717) is 6.42 Å². The Morgan fingerprint density at radius 1 is 0.867 bits per heavy atom. The summed E-state index contributed by atoms with van der Waals surface area (Å²) in [5.41, 5.74) is 1.52. The molecule has 30 heavy (non-hydrogen) atoms. The summed E-state index contributed by atoms with van der Waals surface area (Å²) in [6, 6.07) is 15.4. The molecule has 0 spiro atoms. The van der Waals surface area contributed by atoms with Crippen LogP contribution < -0.4 is 10.6 Å². The van der Waals surface area contributed by atoms with E-state index in [1.165, 1.54) is 0 Å². The zero-order chi connectivity index (χ0) is 21.4. The van der Waals surface area contributed by atoms with Crippen molar-refractivity contribution < 1.29 is 27.8 Å². The molecule has 1 aliphatic rings. The van der Waals surface area contributed by atoms with Gasteiger partial charge in [-0.1, -0.05) is 60.7 Å². The largest absolute Gasteiger partial charge is 0.445 e. The molecule has 0 aromatic heterocycles. The highest BCUT2D eigenvalue weighted by Crippen LogP contribution is 2.34. The van der Waals surface area contributed by atoms with Gasteiger partial charge < -0.3 is 20.1 Å². The number of carbonyl (C=O) groups excluding carboxylic acids is 2. The Morgan fingerprint density at radius 2 is 1.37 bits per heavy atom. The Labute approximate surface area is 173 Å². The highest BCUT2D eigenvalue weighted by atomic mass is 19.3. The van der Waals surface area contributed by atoms with Gasteiger partial charge in [0.2, 0.25) is 0 Å². The summed E-state index contributed by atoms with van der Waals surface area (Å²) in [6.07, 6.45) is -1.65. The van der Waals surface area contributed by atoms with Crippen molar-refractivity contribution in [3.8, 4) is 0 Å². The Morgan fingerprint density at radius 3 is 1.90 bits per heavy atom. The maximum absolute atomic E-state index is 14.5. The molecule has 2 aromatic carbocycles. The standard InChI is InChI=1S/C22H24F2N2O4/c23-22(24)13-7-12-18(25-20(27)29-14-16-8-3-1-4-9-16)19(22)26-21(28)30-15-17-10-5-2-6-11-17/h1-6,8-11,18-19H,7,12-15H2,(H,25,27)(H,26,28)/t18-,19-/m0/s1. The van der Waals surface area contributed by atoms with Crippen LogP contribution in [0.1, 0.15) is 30.4 Å². The number of rotatable bonds is 6. The maximum atomic E-state index is 14.5. The molecule has 1 saturated carbocycles. The van der Waals surface area contributed by atoms with Gasteiger partial charge in [-0.05, 0) is 24.0 Å². The monoisotopic (exact) mass is 418 g/mol. The third-order valence-corrected chi connectivity index (χ3v) is 4.88. The lowest BCUT2D eigenvalue weighted by molar-refractivity contribution is -0.0732. The summed E-state index contributed by atoms with van der Waals surface area (Å²) >= 11 is 0. The predicted octanol–water partition coefficient (Wildman–Crippen LogP) is 4.40. The Bertz CT molecular complexity index is 834. The predicted molar refractivity (Wildman–Crippen MR) is 106 cm³/mol. The molecule has 8 heteroatoms. The number of alkyl halides is 2. The minimum atomic E-state index is -3.18. The van der Waals surface area contributed by atoms with E-state index in [2.05, 4.69) is 10.6 Å². The van der Waals surface area contributed by atoms with Gasteiger partial charge in [0.25, 0.3) is 5.92 Å². The minimum absolute atomic E-state index is 0.0208. The van der Waals surface area contributed by atoms with Crippen molar-refractivity contribution in [2.75, 3.05) is 0 Å². The van der Waals surface area contributed by atoms with Crippen molar-refractivity contribution in [1.82, 2.24) is 10.6 Å². The smallest absolute Gasteiger partial charge is 0.407 e. The van der Waals surface area contributed by atoms with Crippen LogP contribution in [0.5, 0.6) is 0 Å². The van der Waals surface area contributed by atoms with E-state index in [4.69, 9.17) is 9.47 Å². The molecule has 2 N–H and O–H groups in total. The molecule has 0 unspecified atom stereocenters. The third kappa shape index (κ3) is 6.17. The Balaban J connectivity index is 1.55. The molecule has 2 aromatic rings. The van der Waals surface area contributed by atoms with Gasteiger partial charge in [0, 0.05) is 6.42 Å². The van der Waals surface area contributed by atoms with Crippen LogP contribution in [0.2, 0.25) is 0 Å². The maximum Gasteiger partial charge on any atom is 0.407 e. The highest BCUT2D eigenvalue weighted by Gasteiger charge is 2.48. The van der Waals surface area contributed by atoms with Gasteiger partial charge in [-0.25, -0.2) is 18.4 Å². The van der Waals surface area contributed by atoms with E-state index in [1.54, 1.807) is 48.5 Å². The number of nitrogens with one attached hydrogen (secondary N) is 2. The molecule has 1 aliphatic carbocycles. The van der Waals surface area contributed by atoms with Crippen molar-refractivity contribution in [2.24, 2.45) is 0 Å². The lowest BCUT2D eigenvalue weighted by Crippen LogP contribution is -2.62. The van der Waals surface area contributed by atoms with E-state index in [-0.39, 0.29) is 26.1 Å². The van der Waals surface area contributed by atoms with Crippen molar-refractivity contribution >= 4 is 12.2 Å². The minimum Gasteiger partial charge on any atom is -0.445 e. The topological polar surface area (TPSA) is 76.7 Å². The van der Waals surface area contributed by atoms with Crippen molar-refractivity contribution in [3.63, 3.8) is 0 Å². The third-order valence-electron chi connectivity index (χ3n) is 4.88. The Hall–Kier alpha value is -3.16. The van der Waals surface area contributed by atoms with Gasteiger partial charge in [0.05, 0.1) is 6.04 Å². The average molecular weight is 418 g/mol. The van der Waals surface area contributed by atoms with Crippen LogP contribution in [0.3, 0.4) is 0 Å². The van der Waals surface area contributed by atoms with Gasteiger partial charge in [-0.3, -0.25) is 0 Å². The lowest BCUT2D eigenvalue weighted by atomic mass is 9.87. The van der Waals surface area contributed by atoms with Gasteiger partial charge in [0.15, 0.2) is 0 Å². The molecule has 3 rings (SSSR count). The summed E-state index contributed by atoms with van der Waals surface area (Å²) in [5, 5.41) is 4.69. The summed E-state index contributed by atoms with van der Waals surface area (Å²) in [7, 11) is 0. The fraction of sp³-hybridized carbons (Fsp3) is 0.364. The molecule has 0 aliphatic heterocycles. The molecule has 0 bridgehead atoms. The molecule has 0 radical (unpaired) electrons. The van der Waals surface area contributed by atoms with E-state index in [1.807, 2.05) is 12.1 Å². The van der Waals surface area contributed by atoms with Crippen molar-refractivity contribution in [1.29, 1.82) is 0 Å². The molecule has 160 valence electrons. The van der Waals surface area contributed by atoms with Crippen LogP contribution in [-0.2, 0) is 22.7 Å². The number of carbonyl (C=O) groups is 2. The van der Waals surface area contributed by atoms with E-state index < -0.39 is 30.2 Å². The zero-order valence-electron chi connectivity index (χ0n) is 16.4. The zero-order valence-corrected chi connectivity index (χ0v) is 16.4. The molecule has 1 fully saturated rings. The normalized spacial score (nSPS) is 20.1. The first-order valence-corrected chi connectivity index (χ1v) is 9.76. The molecule has 0 saturated heterocycles. The fourth-order valence-corrected chi connectivity index (χ4v) is 3.34. The first-order valence-electron chi connectivity index (χ1n) is 9.76. The van der Waals surface area contributed by atoms with Crippen LogP contribution in [0.4, 0.5) is 18.4 Å². The second-order valence-electron chi connectivity index (χ2n) is 7.15. The molecular formula is C22H24F2N2O4. The second-order valence-corrected chi connectivity index (χ2v) is 7.15. The molecule has 0 heterocycles. The molecular weight excluding hydrogens is 394 g/mol. The second kappa shape index (κ2) is 10.0. The quantitative estimate of drug-likeness (QED) is 0.729. The molecule has 6 nitrogen and oxygen atoms in total. The number of ether oxygens (including phenoxy) is 2.